The number of aliphatic hydroxyl groups excluding tert-OH is 1. The van der Waals surface area contributed by atoms with Crippen LogP contribution < -0.4 is 5.32 Å². The van der Waals surface area contributed by atoms with Gasteiger partial charge in [0.25, 0.3) is 0 Å². The standard InChI is InChI=1S/C25H31N3O4/c1-25(2,3)23-24-27-20(14-31-13-17(12-29)26-4)22(32-24)18-9-8-16-7-5-15(11-19(16)18)6-10-21(30)28-23/h5,7,11,13,18,23,29H,4,6,8-10,12,14H2,1-3H3,(H,28,30)/b17-13-/t18-,23+/m0/s1. The lowest BCUT2D eigenvalue weighted by Gasteiger charge is -2.29. The fourth-order valence-electron chi connectivity index (χ4n) is 4.44. The fourth-order valence-corrected chi connectivity index (χ4v) is 4.44. The summed E-state index contributed by atoms with van der Waals surface area (Å²) in [4.78, 5) is 21.3. The van der Waals surface area contributed by atoms with Gasteiger partial charge in [-0.3, -0.25) is 9.79 Å². The largest absolute Gasteiger partial charge is 0.493 e. The number of nitrogens with one attached hydrogen (secondary N) is 1. The van der Waals surface area contributed by atoms with Gasteiger partial charge in [-0.25, -0.2) is 4.98 Å². The lowest BCUT2D eigenvalue weighted by Crippen LogP contribution is -2.37. The second-order valence-electron chi connectivity index (χ2n) is 9.59. The molecule has 2 aromatic rings. The van der Waals surface area contributed by atoms with Crippen molar-refractivity contribution in [3.63, 3.8) is 0 Å². The number of hydrogen-bond acceptors (Lipinski definition) is 6. The summed E-state index contributed by atoms with van der Waals surface area (Å²) in [7, 11) is 0. The summed E-state index contributed by atoms with van der Waals surface area (Å²) >= 11 is 0. The Kier molecular flexibility index (Phi) is 6.20. The highest BCUT2D eigenvalue weighted by atomic mass is 16.5. The van der Waals surface area contributed by atoms with Gasteiger partial charge in [-0.1, -0.05) is 39.0 Å². The van der Waals surface area contributed by atoms with E-state index in [1.165, 1.54) is 17.4 Å². The summed E-state index contributed by atoms with van der Waals surface area (Å²) in [6, 6.07) is 6.15. The van der Waals surface area contributed by atoms with Crippen molar-refractivity contribution >= 4 is 12.6 Å². The van der Waals surface area contributed by atoms with Crippen LogP contribution in [0, 0.1) is 5.41 Å². The third kappa shape index (κ3) is 4.48. The van der Waals surface area contributed by atoms with Crippen molar-refractivity contribution in [1.82, 2.24) is 10.3 Å². The topological polar surface area (TPSA) is 97.0 Å². The molecule has 2 N–H and O–H groups in total. The molecule has 2 heterocycles. The first-order valence-electron chi connectivity index (χ1n) is 11.1. The van der Waals surface area contributed by atoms with Crippen LogP contribution in [0.25, 0.3) is 0 Å². The van der Waals surface area contributed by atoms with E-state index >= 15 is 0 Å². The van der Waals surface area contributed by atoms with E-state index in [1.807, 2.05) is 0 Å². The Morgan fingerprint density at radius 2 is 2.19 bits per heavy atom. The van der Waals surface area contributed by atoms with Gasteiger partial charge in [0.1, 0.15) is 30.4 Å². The predicted octanol–water partition coefficient (Wildman–Crippen LogP) is 3.95. The normalized spacial score (nSPS) is 20.9. The number of aliphatic hydroxyl groups is 1. The molecular formula is C25H31N3O4. The molecule has 1 aliphatic carbocycles. The van der Waals surface area contributed by atoms with Crippen LogP contribution in [0.1, 0.15) is 79.6 Å². The molecule has 0 saturated carbocycles. The van der Waals surface area contributed by atoms with E-state index in [0.717, 1.165) is 24.2 Å². The van der Waals surface area contributed by atoms with Crippen LogP contribution in [0.3, 0.4) is 0 Å². The zero-order chi connectivity index (χ0) is 22.9. The SMILES string of the molecule is C=N/C(=C\OCc1nc2oc1[C@H]1CCc3ccc(cc31)CCC(=O)N[C@H]2C(C)(C)C)CO. The van der Waals surface area contributed by atoms with Gasteiger partial charge in [-0.05, 0) is 48.1 Å². The number of carbonyl (C=O) groups excluding carboxylic acids is 1. The number of aryl methyl sites for hydroxylation is 2. The van der Waals surface area contributed by atoms with Crippen molar-refractivity contribution in [3.05, 3.63) is 64.2 Å². The average Bonchev–Trinajstić information content (AvgIpc) is 3.35. The van der Waals surface area contributed by atoms with Crippen molar-refractivity contribution in [2.24, 2.45) is 10.4 Å². The highest BCUT2D eigenvalue weighted by Gasteiger charge is 2.36. The van der Waals surface area contributed by atoms with E-state index in [9.17, 15) is 9.90 Å². The third-order valence-electron chi connectivity index (χ3n) is 6.21. The van der Waals surface area contributed by atoms with Gasteiger partial charge >= 0.3 is 0 Å². The minimum absolute atomic E-state index is 0.0207. The molecule has 0 spiro atoms. The van der Waals surface area contributed by atoms with Crippen LogP contribution in [-0.4, -0.2) is 29.3 Å². The number of ether oxygens (including phenoxy) is 1. The number of carbonyl (C=O) groups is 1. The maximum absolute atomic E-state index is 12.8. The number of nitrogens with zero attached hydrogens (tertiary/aromatic N) is 2. The molecule has 4 bridgehead atoms. The Morgan fingerprint density at radius 1 is 1.38 bits per heavy atom. The monoisotopic (exact) mass is 437 g/mol. The quantitative estimate of drug-likeness (QED) is 0.545. The molecule has 0 unspecified atom stereocenters. The molecule has 170 valence electrons. The van der Waals surface area contributed by atoms with Crippen LogP contribution in [0.5, 0.6) is 0 Å². The van der Waals surface area contributed by atoms with E-state index in [0.29, 0.717) is 30.1 Å². The third-order valence-corrected chi connectivity index (χ3v) is 6.21. The van der Waals surface area contributed by atoms with Gasteiger partial charge in [-0.2, -0.15) is 0 Å². The second-order valence-corrected chi connectivity index (χ2v) is 9.59. The summed E-state index contributed by atoms with van der Waals surface area (Å²) < 4.78 is 12.1. The number of oxazole rings is 1. The van der Waals surface area contributed by atoms with Crippen LogP contribution in [0.4, 0.5) is 0 Å². The van der Waals surface area contributed by atoms with Crippen molar-refractivity contribution < 1.29 is 19.1 Å². The zero-order valence-corrected chi connectivity index (χ0v) is 19.0. The van der Waals surface area contributed by atoms with E-state index in [2.05, 4.69) is 56.0 Å². The molecule has 2 atom stereocenters. The van der Waals surface area contributed by atoms with Gasteiger partial charge in [0.05, 0.1) is 12.3 Å². The summed E-state index contributed by atoms with van der Waals surface area (Å²) in [5.74, 6) is 1.36. The summed E-state index contributed by atoms with van der Waals surface area (Å²) in [5.41, 5.74) is 4.48. The molecule has 4 rings (SSSR count). The van der Waals surface area contributed by atoms with Crippen molar-refractivity contribution in [2.75, 3.05) is 6.61 Å². The van der Waals surface area contributed by atoms with Gasteiger partial charge < -0.3 is 19.6 Å². The number of fused-ring (bicyclic) bond motifs is 4. The number of benzene rings is 1. The molecule has 0 radical (unpaired) electrons. The molecule has 7 heteroatoms. The number of aliphatic imine (C=N–C) groups is 1. The lowest BCUT2D eigenvalue weighted by atomic mass is 9.86. The Balaban J connectivity index is 1.79. The molecule has 0 fully saturated rings. The minimum atomic E-state index is -0.362. The van der Waals surface area contributed by atoms with Crippen LogP contribution >= 0.6 is 0 Å². The van der Waals surface area contributed by atoms with Crippen molar-refractivity contribution in [3.8, 4) is 0 Å². The van der Waals surface area contributed by atoms with Gasteiger partial charge in [-0.15, -0.1) is 0 Å². The van der Waals surface area contributed by atoms with Gasteiger partial charge in [0.15, 0.2) is 0 Å². The van der Waals surface area contributed by atoms with Gasteiger partial charge in [0, 0.05) is 12.3 Å². The molecule has 1 aromatic heterocycles. The molecule has 32 heavy (non-hydrogen) atoms. The van der Waals surface area contributed by atoms with Crippen LogP contribution in [0.2, 0.25) is 0 Å². The Labute approximate surface area is 188 Å². The average molecular weight is 438 g/mol. The first-order chi connectivity index (χ1) is 15.3. The molecule has 2 aliphatic rings. The molecule has 7 nitrogen and oxygen atoms in total. The first-order valence-corrected chi connectivity index (χ1v) is 11.1. The highest BCUT2D eigenvalue weighted by Crippen LogP contribution is 2.43. The summed E-state index contributed by atoms with van der Waals surface area (Å²) in [6.07, 6.45) is 4.44. The Hall–Kier alpha value is -2.93. The molecular weight excluding hydrogens is 406 g/mol. The summed E-state index contributed by atoms with van der Waals surface area (Å²) in [6.45, 7) is 9.53. The van der Waals surface area contributed by atoms with Crippen LogP contribution in [0.15, 0.2) is 39.6 Å². The number of hydrogen-bond donors (Lipinski definition) is 2. The highest BCUT2D eigenvalue weighted by molar-refractivity contribution is 5.76. The van der Waals surface area contributed by atoms with E-state index in [1.54, 1.807) is 0 Å². The maximum atomic E-state index is 12.8. The zero-order valence-electron chi connectivity index (χ0n) is 19.0. The Morgan fingerprint density at radius 3 is 2.91 bits per heavy atom. The molecule has 1 aliphatic heterocycles. The van der Waals surface area contributed by atoms with E-state index < -0.39 is 0 Å². The molecule has 0 saturated heterocycles. The Bertz CT molecular complexity index is 1050. The minimum Gasteiger partial charge on any atom is -0.493 e. The second kappa shape index (κ2) is 8.90. The van der Waals surface area contributed by atoms with E-state index in [4.69, 9.17) is 14.1 Å². The smallest absolute Gasteiger partial charge is 0.220 e. The lowest BCUT2D eigenvalue weighted by molar-refractivity contribution is -0.122. The number of amides is 1. The number of rotatable bonds is 5. The first kappa shape index (κ1) is 22.3. The summed E-state index contributed by atoms with van der Waals surface area (Å²) in [5, 5.41) is 12.4. The van der Waals surface area contributed by atoms with Crippen molar-refractivity contribution in [2.45, 2.75) is 65.0 Å². The molecule has 1 aromatic carbocycles. The maximum Gasteiger partial charge on any atom is 0.220 e. The van der Waals surface area contributed by atoms with Gasteiger partial charge in [0.2, 0.25) is 11.8 Å². The predicted molar refractivity (Wildman–Crippen MR) is 121 cm³/mol. The van der Waals surface area contributed by atoms with Crippen LogP contribution in [-0.2, 0) is 29.0 Å². The molecule has 1 amide bonds. The van der Waals surface area contributed by atoms with Crippen molar-refractivity contribution in [1.29, 1.82) is 0 Å². The fraction of sp³-hybridized carbons (Fsp3) is 0.480. The van der Waals surface area contributed by atoms with E-state index in [-0.39, 0.29) is 36.5 Å². The number of aromatic nitrogens is 1.